The average molecular weight is 224 g/mol. The Morgan fingerprint density at radius 3 is 2.75 bits per heavy atom. The Labute approximate surface area is 98.4 Å². The molecule has 0 spiro atoms. The van der Waals surface area contributed by atoms with E-state index < -0.39 is 0 Å². The summed E-state index contributed by atoms with van der Waals surface area (Å²) in [4.78, 5) is 12.1. The normalized spacial score (nSPS) is 35.7. The van der Waals surface area contributed by atoms with Gasteiger partial charge in [0.25, 0.3) is 0 Å². The van der Waals surface area contributed by atoms with Crippen molar-refractivity contribution in [3.8, 4) is 0 Å². The van der Waals surface area contributed by atoms with Gasteiger partial charge in [-0.15, -0.1) is 0 Å². The highest BCUT2D eigenvalue weighted by Crippen LogP contribution is 2.31. The van der Waals surface area contributed by atoms with E-state index in [0.717, 1.165) is 32.4 Å². The van der Waals surface area contributed by atoms with Crippen molar-refractivity contribution in [1.82, 2.24) is 10.6 Å². The summed E-state index contributed by atoms with van der Waals surface area (Å²) in [7, 11) is 0. The van der Waals surface area contributed by atoms with Crippen LogP contribution in [0.5, 0.6) is 0 Å². The van der Waals surface area contributed by atoms with Crippen molar-refractivity contribution >= 4 is 5.91 Å². The van der Waals surface area contributed by atoms with Crippen LogP contribution in [0.2, 0.25) is 0 Å². The van der Waals surface area contributed by atoms with Crippen LogP contribution in [0.25, 0.3) is 0 Å². The van der Waals surface area contributed by atoms with Gasteiger partial charge in [0.15, 0.2) is 0 Å². The zero-order chi connectivity index (χ0) is 11.4. The number of amides is 1. The molecule has 3 unspecified atom stereocenters. The molecule has 0 bridgehead atoms. The van der Waals surface area contributed by atoms with Crippen molar-refractivity contribution in [3.63, 3.8) is 0 Å². The van der Waals surface area contributed by atoms with Gasteiger partial charge in [-0.25, -0.2) is 0 Å². The molecule has 1 aliphatic heterocycles. The largest absolute Gasteiger partial charge is 0.353 e. The molecule has 2 aliphatic rings. The summed E-state index contributed by atoms with van der Waals surface area (Å²) in [6.45, 7) is 4.36. The molecule has 0 aromatic carbocycles. The van der Waals surface area contributed by atoms with Crippen LogP contribution in [0.1, 0.15) is 45.4 Å². The fraction of sp³-hybridized carbons (Fsp3) is 0.923. The summed E-state index contributed by atoms with van der Waals surface area (Å²) < 4.78 is 0. The lowest BCUT2D eigenvalue weighted by atomic mass is 9.96. The third kappa shape index (κ3) is 2.97. The molecule has 1 heterocycles. The second kappa shape index (κ2) is 5.67. The highest BCUT2D eigenvalue weighted by molar-refractivity contribution is 5.79. The Bertz CT molecular complexity index is 234. The predicted octanol–water partition coefficient (Wildman–Crippen LogP) is 1.68. The number of carbonyl (C=O) groups is 1. The first kappa shape index (κ1) is 11.9. The standard InChI is InChI=1S/C13H24N2O/c1-10-4-2-6-12(10)13(16)15-11-5-3-8-14-9-7-11/h10-12,14H,2-9H2,1H3,(H,15,16). The summed E-state index contributed by atoms with van der Waals surface area (Å²) in [6.07, 6.45) is 6.96. The minimum absolute atomic E-state index is 0.288. The van der Waals surface area contributed by atoms with Crippen molar-refractivity contribution in [1.29, 1.82) is 0 Å². The average Bonchev–Trinajstić information content (AvgIpc) is 2.53. The summed E-state index contributed by atoms with van der Waals surface area (Å²) >= 11 is 0. The summed E-state index contributed by atoms with van der Waals surface area (Å²) in [5, 5.41) is 6.63. The zero-order valence-corrected chi connectivity index (χ0v) is 10.3. The summed E-state index contributed by atoms with van der Waals surface area (Å²) in [6, 6.07) is 0.412. The van der Waals surface area contributed by atoms with E-state index in [0.29, 0.717) is 17.9 Å². The minimum Gasteiger partial charge on any atom is -0.353 e. The monoisotopic (exact) mass is 224 g/mol. The SMILES string of the molecule is CC1CCCC1C(=O)NC1CCCNCC1. The Kier molecular flexibility index (Phi) is 4.22. The van der Waals surface area contributed by atoms with Crippen molar-refractivity contribution in [2.75, 3.05) is 13.1 Å². The lowest BCUT2D eigenvalue weighted by Crippen LogP contribution is -2.40. The van der Waals surface area contributed by atoms with Crippen LogP contribution in [0.3, 0.4) is 0 Å². The van der Waals surface area contributed by atoms with Crippen LogP contribution in [0.4, 0.5) is 0 Å². The van der Waals surface area contributed by atoms with E-state index >= 15 is 0 Å². The molecule has 1 saturated heterocycles. The van der Waals surface area contributed by atoms with E-state index in [9.17, 15) is 4.79 Å². The van der Waals surface area contributed by atoms with Crippen LogP contribution in [-0.4, -0.2) is 25.0 Å². The maximum atomic E-state index is 12.1. The molecular formula is C13H24N2O. The Morgan fingerprint density at radius 2 is 2.00 bits per heavy atom. The van der Waals surface area contributed by atoms with Gasteiger partial charge in [0.05, 0.1) is 0 Å². The lowest BCUT2D eigenvalue weighted by Gasteiger charge is -2.21. The topological polar surface area (TPSA) is 41.1 Å². The molecule has 0 aromatic rings. The number of hydrogen-bond acceptors (Lipinski definition) is 2. The molecule has 92 valence electrons. The van der Waals surface area contributed by atoms with Gasteiger partial charge >= 0.3 is 0 Å². The van der Waals surface area contributed by atoms with Crippen molar-refractivity contribution in [2.24, 2.45) is 11.8 Å². The van der Waals surface area contributed by atoms with Gasteiger partial charge in [0.1, 0.15) is 0 Å². The number of carbonyl (C=O) groups excluding carboxylic acids is 1. The minimum atomic E-state index is 0.288. The summed E-state index contributed by atoms with van der Waals surface area (Å²) in [5.74, 6) is 1.19. The molecule has 3 atom stereocenters. The fourth-order valence-electron chi connectivity index (χ4n) is 3.01. The molecule has 1 aliphatic carbocycles. The van der Waals surface area contributed by atoms with E-state index in [2.05, 4.69) is 17.6 Å². The number of rotatable bonds is 2. The smallest absolute Gasteiger partial charge is 0.223 e. The van der Waals surface area contributed by atoms with Crippen LogP contribution in [0, 0.1) is 11.8 Å². The Hall–Kier alpha value is -0.570. The van der Waals surface area contributed by atoms with E-state index in [-0.39, 0.29) is 5.92 Å². The van der Waals surface area contributed by atoms with Crippen LogP contribution < -0.4 is 10.6 Å². The van der Waals surface area contributed by atoms with E-state index in [1.54, 1.807) is 0 Å². The molecule has 16 heavy (non-hydrogen) atoms. The third-order valence-corrected chi connectivity index (χ3v) is 4.12. The lowest BCUT2D eigenvalue weighted by molar-refractivity contribution is -0.126. The van der Waals surface area contributed by atoms with Gasteiger partial charge in [-0.05, 0) is 51.1 Å². The van der Waals surface area contributed by atoms with Gasteiger partial charge in [-0.2, -0.15) is 0 Å². The first-order valence-corrected chi connectivity index (χ1v) is 6.78. The maximum Gasteiger partial charge on any atom is 0.223 e. The van der Waals surface area contributed by atoms with Gasteiger partial charge in [0.2, 0.25) is 5.91 Å². The zero-order valence-electron chi connectivity index (χ0n) is 10.3. The van der Waals surface area contributed by atoms with E-state index in [1.807, 2.05) is 0 Å². The van der Waals surface area contributed by atoms with Crippen molar-refractivity contribution < 1.29 is 4.79 Å². The predicted molar refractivity (Wildman–Crippen MR) is 65.2 cm³/mol. The molecular weight excluding hydrogens is 200 g/mol. The van der Waals surface area contributed by atoms with Crippen molar-refractivity contribution in [3.05, 3.63) is 0 Å². The van der Waals surface area contributed by atoms with Crippen LogP contribution in [0.15, 0.2) is 0 Å². The highest BCUT2D eigenvalue weighted by Gasteiger charge is 2.30. The summed E-state index contributed by atoms with van der Waals surface area (Å²) in [5.41, 5.74) is 0. The molecule has 3 nitrogen and oxygen atoms in total. The number of hydrogen-bond donors (Lipinski definition) is 2. The fourth-order valence-corrected chi connectivity index (χ4v) is 3.01. The molecule has 1 amide bonds. The Balaban J connectivity index is 1.81. The molecule has 2 N–H and O–H groups in total. The first-order chi connectivity index (χ1) is 7.77. The molecule has 2 fully saturated rings. The second-order valence-corrected chi connectivity index (χ2v) is 5.40. The van der Waals surface area contributed by atoms with E-state index in [4.69, 9.17) is 0 Å². The van der Waals surface area contributed by atoms with Gasteiger partial charge in [-0.3, -0.25) is 4.79 Å². The third-order valence-electron chi connectivity index (χ3n) is 4.12. The maximum absolute atomic E-state index is 12.1. The molecule has 3 heteroatoms. The van der Waals surface area contributed by atoms with Crippen molar-refractivity contribution in [2.45, 2.75) is 51.5 Å². The van der Waals surface area contributed by atoms with Gasteiger partial charge < -0.3 is 10.6 Å². The molecule has 1 saturated carbocycles. The Morgan fingerprint density at radius 1 is 1.12 bits per heavy atom. The molecule has 2 rings (SSSR count). The van der Waals surface area contributed by atoms with Gasteiger partial charge in [-0.1, -0.05) is 13.3 Å². The molecule has 0 radical (unpaired) electrons. The van der Waals surface area contributed by atoms with Crippen LogP contribution >= 0.6 is 0 Å². The highest BCUT2D eigenvalue weighted by atomic mass is 16.2. The van der Waals surface area contributed by atoms with Gasteiger partial charge in [0, 0.05) is 12.0 Å². The van der Waals surface area contributed by atoms with Crippen LogP contribution in [-0.2, 0) is 4.79 Å². The second-order valence-electron chi connectivity index (χ2n) is 5.40. The number of nitrogens with one attached hydrogen (secondary N) is 2. The molecule has 0 aromatic heterocycles. The first-order valence-electron chi connectivity index (χ1n) is 6.78. The van der Waals surface area contributed by atoms with E-state index in [1.165, 1.54) is 19.3 Å². The quantitative estimate of drug-likeness (QED) is 0.749.